The molecule has 1 fully saturated rings. The maximum absolute atomic E-state index is 12.3. The van der Waals surface area contributed by atoms with Crippen LogP contribution in [0.1, 0.15) is 49.4 Å². The summed E-state index contributed by atoms with van der Waals surface area (Å²) in [6.45, 7) is 1.83. The molecule has 4 N–H and O–H groups in total. The Kier molecular flexibility index (Phi) is 6.00. The minimum absolute atomic E-state index is 0.0812. The first-order chi connectivity index (χ1) is 12.6. The fraction of sp³-hybridized carbons (Fsp3) is 0.526. The van der Waals surface area contributed by atoms with Crippen LogP contribution in [0.5, 0.6) is 0 Å². The number of benzene rings is 1. The lowest BCUT2D eigenvalue weighted by molar-refractivity contribution is 0.0915. The van der Waals surface area contributed by atoms with Crippen molar-refractivity contribution in [3.05, 3.63) is 30.0 Å². The number of hydrogen-bond donors (Lipinski definition) is 4. The second kappa shape index (κ2) is 8.42. The summed E-state index contributed by atoms with van der Waals surface area (Å²) in [5.41, 5.74) is 1.21. The molecule has 0 bridgehead atoms. The number of aliphatic hydroxyl groups is 2. The monoisotopic (exact) mass is 358 g/mol. The molecular formula is C19H26N4O3. The van der Waals surface area contributed by atoms with Crippen molar-refractivity contribution in [2.24, 2.45) is 0 Å². The number of rotatable bonds is 6. The SMILES string of the molecule is CC[C@@H](CO)NC(=O)c1ccc2cnc(N[C@H]3CC[C@H](O)CC3)nc2c1. The Labute approximate surface area is 152 Å². The molecule has 3 rings (SSSR count). The number of fused-ring (bicyclic) bond motifs is 1. The Balaban J connectivity index is 1.74. The number of aliphatic hydroxyl groups excluding tert-OH is 2. The molecule has 0 unspecified atom stereocenters. The first kappa shape index (κ1) is 18.5. The van der Waals surface area contributed by atoms with Gasteiger partial charge in [-0.2, -0.15) is 0 Å². The zero-order valence-electron chi connectivity index (χ0n) is 15.0. The summed E-state index contributed by atoms with van der Waals surface area (Å²) < 4.78 is 0. The summed E-state index contributed by atoms with van der Waals surface area (Å²) in [4.78, 5) is 21.2. The lowest BCUT2D eigenvalue weighted by atomic mass is 9.93. The van der Waals surface area contributed by atoms with Gasteiger partial charge in [-0.3, -0.25) is 4.79 Å². The van der Waals surface area contributed by atoms with E-state index >= 15 is 0 Å². The number of amides is 1. The van der Waals surface area contributed by atoms with Crippen molar-refractivity contribution in [2.45, 2.75) is 57.2 Å². The fourth-order valence-electron chi connectivity index (χ4n) is 3.18. The van der Waals surface area contributed by atoms with E-state index in [4.69, 9.17) is 0 Å². The van der Waals surface area contributed by atoms with Crippen LogP contribution < -0.4 is 10.6 Å². The van der Waals surface area contributed by atoms with E-state index in [1.807, 2.05) is 13.0 Å². The van der Waals surface area contributed by atoms with Crippen molar-refractivity contribution >= 4 is 22.8 Å². The highest BCUT2D eigenvalue weighted by Gasteiger charge is 2.20. The average Bonchev–Trinajstić information content (AvgIpc) is 2.67. The summed E-state index contributed by atoms with van der Waals surface area (Å²) >= 11 is 0. The van der Waals surface area contributed by atoms with Gasteiger partial charge in [-0.05, 0) is 44.2 Å². The number of nitrogens with one attached hydrogen (secondary N) is 2. The minimum atomic E-state index is -0.248. The largest absolute Gasteiger partial charge is 0.394 e. The van der Waals surface area contributed by atoms with E-state index < -0.39 is 0 Å². The first-order valence-electron chi connectivity index (χ1n) is 9.22. The first-order valence-corrected chi connectivity index (χ1v) is 9.22. The molecule has 2 aromatic rings. The Hall–Kier alpha value is -2.25. The second-order valence-corrected chi connectivity index (χ2v) is 6.88. The van der Waals surface area contributed by atoms with Gasteiger partial charge in [0.05, 0.1) is 24.3 Å². The van der Waals surface area contributed by atoms with Crippen LogP contribution in [0.4, 0.5) is 5.95 Å². The van der Waals surface area contributed by atoms with Gasteiger partial charge >= 0.3 is 0 Å². The van der Waals surface area contributed by atoms with Crippen molar-refractivity contribution in [1.82, 2.24) is 15.3 Å². The molecule has 1 aliphatic rings. The highest BCUT2D eigenvalue weighted by molar-refractivity contribution is 5.97. The van der Waals surface area contributed by atoms with E-state index in [9.17, 15) is 15.0 Å². The maximum atomic E-state index is 12.3. The molecule has 1 aliphatic carbocycles. The topological polar surface area (TPSA) is 107 Å². The van der Waals surface area contributed by atoms with E-state index in [-0.39, 0.29) is 30.7 Å². The van der Waals surface area contributed by atoms with Gasteiger partial charge in [-0.15, -0.1) is 0 Å². The van der Waals surface area contributed by atoms with Gasteiger partial charge in [0.2, 0.25) is 5.95 Å². The smallest absolute Gasteiger partial charge is 0.251 e. The van der Waals surface area contributed by atoms with Gasteiger partial charge in [0.1, 0.15) is 0 Å². The molecule has 26 heavy (non-hydrogen) atoms. The van der Waals surface area contributed by atoms with Crippen LogP contribution in [0.3, 0.4) is 0 Å². The molecular weight excluding hydrogens is 332 g/mol. The minimum Gasteiger partial charge on any atom is -0.394 e. The summed E-state index contributed by atoms with van der Waals surface area (Å²) in [5, 5.41) is 25.8. The van der Waals surface area contributed by atoms with Crippen molar-refractivity contribution in [2.75, 3.05) is 11.9 Å². The van der Waals surface area contributed by atoms with E-state index in [1.54, 1.807) is 18.3 Å². The normalized spacial score (nSPS) is 21.3. The number of carbonyl (C=O) groups excluding carboxylic acids is 1. The van der Waals surface area contributed by atoms with E-state index in [0.717, 1.165) is 31.1 Å². The Morgan fingerprint density at radius 1 is 1.31 bits per heavy atom. The molecule has 1 saturated carbocycles. The summed E-state index contributed by atoms with van der Waals surface area (Å²) in [6, 6.07) is 5.32. The Morgan fingerprint density at radius 3 is 2.77 bits per heavy atom. The summed E-state index contributed by atoms with van der Waals surface area (Å²) in [6.07, 6.45) is 5.58. The van der Waals surface area contributed by atoms with Gasteiger partial charge in [0.25, 0.3) is 5.91 Å². The molecule has 7 heteroatoms. The third-order valence-electron chi connectivity index (χ3n) is 4.92. The van der Waals surface area contributed by atoms with Gasteiger partial charge in [-0.1, -0.05) is 13.0 Å². The molecule has 0 spiro atoms. The average molecular weight is 358 g/mol. The number of hydrogen-bond acceptors (Lipinski definition) is 6. The number of aromatic nitrogens is 2. The predicted molar refractivity (Wildman–Crippen MR) is 100 cm³/mol. The standard InChI is InChI=1S/C19H26N4O3/c1-2-14(11-24)21-18(26)12-3-4-13-10-20-19(23-17(13)9-12)22-15-5-7-16(25)8-6-15/h3-4,9-10,14-16,24-25H,2,5-8,11H2,1H3,(H,21,26)(H,20,22,23)/t14-,15-,16-/m0/s1. The predicted octanol–water partition coefficient (Wildman–Crippen LogP) is 1.85. The van der Waals surface area contributed by atoms with Crippen molar-refractivity contribution in [1.29, 1.82) is 0 Å². The quantitative estimate of drug-likeness (QED) is 0.628. The van der Waals surface area contributed by atoms with Crippen LogP contribution in [0.2, 0.25) is 0 Å². The van der Waals surface area contributed by atoms with Crippen molar-refractivity contribution < 1.29 is 15.0 Å². The van der Waals surface area contributed by atoms with E-state index in [2.05, 4.69) is 20.6 Å². The second-order valence-electron chi connectivity index (χ2n) is 6.88. The molecule has 7 nitrogen and oxygen atoms in total. The van der Waals surface area contributed by atoms with Crippen molar-refractivity contribution in [3.63, 3.8) is 0 Å². The third kappa shape index (κ3) is 4.47. The van der Waals surface area contributed by atoms with E-state index in [1.165, 1.54) is 0 Å². The number of carbonyl (C=O) groups is 1. The number of anilines is 1. The van der Waals surface area contributed by atoms with E-state index in [0.29, 0.717) is 23.4 Å². The van der Waals surface area contributed by atoms with Crippen molar-refractivity contribution in [3.8, 4) is 0 Å². The lowest BCUT2D eigenvalue weighted by Crippen LogP contribution is -2.36. The summed E-state index contributed by atoms with van der Waals surface area (Å²) in [5.74, 6) is 0.320. The zero-order chi connectivity index (χ0) is 18.5. The highest BCUT2D eigenvalue weighted by Crippen LogP contribution is 2.22. The van der Waals surface area contributed by atoms with Gasteiger partial charge in [0.15, 0.2) is 0 Å². The molecule has 1 heterocycles. The molecule has 140 valence electrons. The lowest BCUT2D eigenvalue weighted by Gasteiger charge is -2.26. The van der Waals surface area contributed by atoms with Crippen LogP contribution >= 0.6 is 0 Å². The van der Waals surface area contributed by atoms with Crippen LogP contribution in [0, 0.1) is 0 Å². The van der Waals surface area contributed by atoms with Crippen LogP contribution in [0.25, 0.3) is 10.9 Å². The van der Waals surface area contributed by atoms with Crippen LogP contribution in [0.15, 0.2) is 24.4 Å². The molecule has 1 amide bonds. The van der Waals surface area contributed by atoms with Gasteiger partial charge < -0.3 is 20.8 Å². The molecule has 1 aromatic heterocycles. The maximum Gasteiger partial charge on any atom is 0.251 e. The summed E-state index contributed by atoms with van der Waals surface area (Å²) in [7, 11) is 0. The molecule has 0 radical (unpaired) electrons. The molecule has 0 aliphatic heterocycles. The Morgan fingerprint density at radius 2 is 2.08 bits per heavy atom. The van der Waals surface area contributed by atoms with Gasteiger partial charge in [-0.25, -0.2) is 9.97 Å². The van der Waals surface area contributed by atoms with Gasteiger partial charge in [0, 0.05) is 23.2 Å². The van der Waals surface area contributed by atoms with Crippen LogP contribution in [-0.4, -0.2) is 50.9 Å². The molecule has 0 saturated heterocycles. The highest BCUT2D eigenvalue weighted by atomic mass is 16.3. The molecule has 1 aromatic carbocycles. The zero-order valence-corrected chi connectivity index (χ0v) is 15.0. The fourth-order valence-corrected chi connectivity index (χ4v) is 3.18. The molecule has 1 atom stereocenters. The van der Waals surface area contributed by atoms with Crippen LogP contribution in [-0.2, 0) is 0 Å². The number of nitrogens with zero attached hydrogens (tertiary/aromatic N) is 2. The third-order valence-corrected chi connectivity index (χ3v) is 4.92. The Bertz CT molecular complexity index is 756.